The number of aromatic nitrogens is 1. The van der Waals surface area contributed by atoms with Gasteiger partial charge in [0.1, 0.15) is 6.04 Å². The molecule has 1 saturated heterocycles. The predicted molar refractivity (Wildman–Crippen MR) is 98.6 cm³/mol. The van der Waals surface area contributed by atoms with Gasteiger partial charge in [-0.1, -0.05) is 25.0 Å². The Bertz CT molecular complexity index is 857. The molecule has 140 valence electrons. The normalized spacial score (nSPS) is 24.4. The molecule has 2 aromatic rings. The molecule has 0 unspecified atom stereocenters. The molecule has 2 aliphatic rings. The number of H-pyrrole nitrogens is 1. The number of aliphatic carboxylic acids is 1. The van der Waals surface area contributed by atoms with Gasteiger partial charge in [-0.05, 0) is 43.4 Å². The van der Waals surface area contributed by atoms with Crippen LogP contribution in [0, 0.1) is 5.92 Å². The zero-order valence-electron chi connectivity index (χ0n) is 14.9. The number of ketones is 1. The number of carboxylic acids is 1. The number of amides is 1. The van der Waals surface area contributed by atoms with Crippen molar-refractivity contribution in [3.05, 3.63) is 59.4 Å². The molecule has 2 fully saturated rings. The summed E-state index contributed by atoms with van der Waals surface area (Å²) >= 11 is 0. The summed E-state index contributed by atoms with van der Waals surface area (Å²) in [5, 5.41) is 9.61. The highest BCUT2D eigenvalue weighted by Gasteiger charge is 2.47. The second kappa shape index (κ2) is 7.02. The molecule has 2 heterocycles. The lowest BCUT2D eigenvalue weighted by molar-refractivity contribution is -0.141. The molecule has 6 heteroatoms. The van der Waals surface area contributed by atoms with Crippen LogP contribution < -0.4 is 0 Å². The van der Waals surface area contributed by atoms with E-state index in [9.17, 15) is 19.5 Å². The first-order chi connectivity index (χ1) is 13.1. The van der Waals surface area contributed by atoms with Crippen LogP contribution in [-0.4, -0.2) is 44.7 Å². The molecule has 2 N–H and O–H groups in total. The van der Waals surface area contributed by atoms with E-state index in [1.54, 1.807) is 47.6 Å². The van der Waals surface area contributed by atoms with Gasteiger partial charge in [0.15, 0.2) is 5.78 Å². The van der Waals surface area contributed by atoms with Crippen molar-refractivity contribution in [2.24, 2.45) is 5.92 Å². The van der Waals surface area contributed by atoms with Gasteiger partial charge in [0.05, 0.1) is 0 Å². The predicted octanol–water partition coefficient (Wildman–Crippen LogP) is 3.10. The number of aromatic amines is 1. The molecule has 1 amide bonds. The van der Waals surface area contributed by atoms with Crippen molar-refractivity contribution in [1.82, 2.24) is 9.88 Å². The number of carboxylic acid groups (broad SMARTS) is 1. The molecule has 1 saturated carbocycles. The van der Waals surface area contributed by atoms with E-state index in [-0.39, 0.29) is 23.7 Å². The van der Waals surface area contributed by atoms with Crippen LogP contribution in [0.1, 0.15) is 58.4 Å². The van der Waals surface area contributed by atoms with Crippen molar-refractivity contribution >= 4 is 17.7 Å². The van der Waals surface area contributed by atoms with Crippen LogP contribution in [0.4, 0.5) is 0 Å². The number of hydrogen-bond acceptors (Lipinski definition) is 3. The Labute approximate surface area is 157 Å². The van der Waals surface area contributed by atoms with Gasteiger partial charge < -0.3 is 15.0 Å². The molecule has 27 heavy (non-hydrogen) atoms. The Hall–Kier alpha value is -2.89. The summed E-state index contributed by atoms with van der Waals surface area (Å²) in [5.41, 5.74) is 1.49. The third kappa shape index (κ3) is 3.16. The van der Waals surface area contributed by atoms with Crippen LogP contribution in [0.2, 0.25) is 0 Å². The molecule has 1 aliphatic heterocycles. The highest BCUT2D eigenvalue weighted by molar-refractivity contribution is 6.09. The SMILES string of the molecule is O=C(c1ccc(C(=O)N2[C@@H]3CCCC[C@@H]3C[C@H]2C(=O)O)cc1)c1cc[nH]c1. The van der Waals surface area contributed by atoms with E-state index in [2.05, 4.69) is 4.98 Å². The number of hydrogen-bond donors (Lipinski definition) is 2. The van der Waals surface area contributed by atoms with E-state index in [1.807, 2.05) is 0 Å². The maximum atomic E-state index is 13.1. The minimum Gasteiger partial charge on any atom is -0.480 e. The van der Waals surface area contributed by atoms with Gasteiger partial charge in [-0.25, -0.2) is 4.79 Å². The van der Waals surface area contributed by atoms with Gasteiger partial charge in [0.25, 0.3) is 5.91 Å². The summed E-state index contributed by atoms with van der Waals surface area (Å²) in [6.07, 6.45) is 7.84. The quantitative estimate of drug-likeness (QED) is 0.814. The van der Waals surface area contributed by atoms with Gasteiger partial charge in [-0.3, -0.25) is 9.59 Å². The van der Waals surface area contributed by atoms with Crippen LogP contribution in [0.25, 0.3) is 0 Å². The highest BCUT2D eigenvalue weighted by Crippen LogP contribution is 2.40. The average Bonchev–Trinajstić information content (AvgIpc) is 3.35. The lowest BCUT2D eigenvalue weighted by Crippen LogP contribution is -2.46. The van der Waals surface area contributed by atoms with Gasteiger partial charge in [-0.15, -0.1) is 0 Å². The van der Waals surface area contributed by atoms with Crippen molar-refractivity contribution < 1.29 is 19.5 Å². The maximum absolute atomic E-state index is 13.1. The summed E-state index contributed by atoms with van der Waals surface area (Å²) in [6.45, 7) is 0. The van der Waals surface area contributed by atoms with Crippen LogP contribution in [0.5, 0.6) is 0 Å². The molecule has 0 radical (unpaired) electrons. The molecular formula is C21H22N2O4. The van der Waals surface area contributed by atoms with Crippen molar-refractivity contribution in [3.63, 3.8) is 0 Å². The zero-order chi connectivity index (χ0) is 19.0. The smallest absolute Gasteiger partial charge is 0.326 e. The summed E-state index contributed by atoms with van der Waals surface area (Å²) in [5.74, 6) is -1.03. The lowest BCUT2D eigenvalue weighted by atomic mass is 9.84. The van der Waals surface area contributed by atoms with Gasteiger partial charge in [0, 0.05) is 35.1 Å². The molecule has 1 aromatic carbocycles. The third-order valence-corrected chi connectivity index (χ3v) is 5.86. The summed E-state index contributed by atoms with van der Waals surface area (Å²) < 4.78 is 0. The van der Waals surface area contributed by atoms with Crippen molar-refractivity contribution in [3.8, 4) is 0 Å². The first-order valence-electron chi connectivity index (χ1n) is 9.39. The van der Waals surface area contributed by atoms with E-state index in [4.69, 9.17) is 0 Å². The number of fused-ring (bicyclic) bond motifs is 1. The molecule has 1 aromatic heterocycles. The van der Waals surface area contributed by atoms with Gasteiger partial charge in [-0.2, -0.15) is 0 Å². The van der Waals surface area contributed by atoms with E-state index >= 15 is 0 Å². The Morgan fingerprint density at radius 1 is 0.963 bits per heavy atom. The maximum Gasteiger partial charge on any atom is 0.326 e. The summed E-state index contributed by atoms with van der Waals surface area (Å²) in [6, 6.07) is 7.46. The first-order valence-corrected chi connectivity index (χ1v) is 9.39. The first kappa shape index (κ1) is 17.5. The molecule has 3 atom stereocenters. The van der Waals surface area contributed by atoms with Crippen molar-refractivity contribution in [2.45, 2.75) is 44.2 Å². The number of nitrogens with zero attached hydrogens (tertiary/aromatic N) is 1. The van der Waals surface area contributed by atoms with Crippen LogP contribution in [0.3, 0.4) is 0 Å². The Kier molecular flexibility index (Phi) is 4.56. The monoisotopic (exact) mass is 366 g/mol. The fourth-order valence-electron chi connectivity index (χ4n) is 4.52. The topological polar surface area (TPSA) is 90.5 Å². The summed E-state index contributed by atoms with van der Waals surface area (Å²) in [4.78, 5) is 41.6. The number of nitrogens with one attached hydrogen (secondary N) is 1. The highest BCUT2D eigenvalue weighted by atomic mass is 16.4. The Morgan fingerprint density at radius 3 is 2.33 bits per heavy atom. The standard InChI is InChI=1S/C21H22N2O4/c24-19(16-9-10-22-12-16)13-5-7-14(8-6-13)20(25)23-17-4-2-1-3-15(17)11-18(23)21(26)27/h5-10,12,15,17-18,22H,1-4,11H2,(H,26,27)/t15-,17-,18+/m1/s1. The van der Waals surface area contributed by atoms with Crippen LogP contribution in [-0.2, 0) is 4.79 Å². The second-order valence-electron chi connectivity index (χ2n) is 7.42. The molecule has 4 rings (SSSR count). The van der Waals surface area contributed by atoms with Crippen molar-refractivity contribution in [2.75, 3.05) is 0 Å². The second-order valence-corrected chi connectivity index (χ2v) is 7.42. The fourth-order valence-corrected chi connectivity index (χ4v) is 4.52. The molecule has 1 aliphatic carbocycles. The van der Waals surface area contributed by atoms with E-state index in [0.29, 0.717) is 23.1 Å². The number of carbonyl (C=O) groups excluding carboxylic acids is 2. The average molecular weight is 366 g/mol. The number of likely N-dealkylation sites (tertiary alicyclic amines) is 1. The van der Waals surface area contributed by atoms with E-state index < -0.39 is 12.0 Å². The van der Waals surface area contributed by atoms with Crippen molar-refractivity contribution in [1.29, 1.82) is 0 Å². The van der Waals surface area contributed by atoms with Crippen LogP contribution >= 0.6 is 0 Å². The van der Waals surface area contributed by atoms with Gasteiger partial charge >= 0.3 is 5.97 Å². The summed E-state index contributed by atoms with van der Waals surface area (Å²) in [7, 11) is 0. The fraction of sp³-hybridized carbons (Fsp3) is 0.381. The largest absolute Gasteiger partial charge is 0.480 e. The molecule has 6 nitrogen and oxygen atoms in total. The number of rotatable bonds is 4. The Morgan fingerprint density at radius 2 is 1.67 bits per heavy atom. The lowest BCUT2D eigenvalue weighted by Gasteiger charge is -2.33. The minimum atomic E-state index is -0.933. The number of benzene rings is 1. The van der Waals surface area contributed by atoms with E-state index in [1.165, 1.54) is 0 Å². The zero-order valence-corrected chi connectivity index (χ0v) is 14.9. The molecule has 0 bridgehead atoms. The van der Waals surface area contributed by atoms with Crippen LogP contribution in [0.15, 0.2) is 42.7 Å². The molecular weight excluding hydrogens is 344 g/mol. The number of carbonyl (C=O) groups is 3. The van der Waals surface area contributed by atoms with E-state index in [0.717, 1.165) is 25.7 Å². The third-order valence-electron chi connectivity index (χ3n) is 5.86. The van der Waals surface area contributed by atoms with Gasteiger partial charge in [0.2, 0.25) is 0 Å². The minimum absolute atomic E-state index is 0.00788. The molecule has 0 spiro atoms. The Balaban J connectivity index is 1.58.